The maximum Gasteiger partial charge on any atom is 0.225 e. The smallest absolute Gasteiger partial charge is 0.225 e. The van der Waals surface area contributed by atoms with Gasteiger partial charge in [0.2, 0.25) is 5.91 Å². The minimum atomic E-state index is -3.04. The van der Waals surface area contributed by atoms with E-state index in [9.17, 15) is 18.3 Å². The van der Waals surface area contributed by atoms with Crippen LogP contribution in [0.5, 0.6) is 5.75 Å². The summed E-state index contributed by atoms with van der Waals surface area (Å²) in [6.07, 6.45) is 0.476. The van der Waals surface area contributed by atoms with Gasteiger partial charge in [-0.3, -0.25) is 4.79 Å². The third-order valence-electron chi connectivity index (χ3n) is 3.29. The number of rotatable bonds is 3. The lowest BCUT2D eigenvalue weighted by Gasteiger charge is -2.23. The molecule has 1 heterocycles. The number of para-hydroxylation sites is 1. The fourth-order valence-electron chi connectivity index (χ4n) is 2.32. The number of phenolic OH excluding ortho intramolecular Hbond substituents is 1. The van der Waals surface area contributed by atoms with Crippen LogP contribution in [0.1, 0.15) is 18.9 Å². The van der Waals surface area contributed by atoms with Gasteiger partial charge < -0.3 is 10.4 Å². The van der Waals surface area contributed by atoms with Gasteiger partial charge in [0.05, 0.1) is 23.5 Å². The molecule has 0 aliphatic carbocycles. The van der Waals surface area contributed by atoms with E-state index in [0.717, 1.165) is 0 Å². The first-order chi connectivity index (χ1) is 8.80. The monoisotopic (exact) mass is 283 g/mol. The Hall–Kier alpha value is -1.56. The normalized spacial score (nSPS) is 25.1. The van der Waals surface area contributed by atoms with Crippen LogP contribution in [-0.4, -0.2) is 36.5 Å². The van der Waals surface area contributed by atoms with Crippen molar-refractivity contribution in [2.45, 2.75) is 25.3 Å². The van der Waals surface area contributed by atoms with Gasteiger partial charge in [0, 0.05) is 5.56 Å². The number of carbonyl (C=O) groups excluding carboxylic acids is 1. The average molecular weight is 283 g/mol. The molecule has 0 aromatic heterocycles. The van der Waals surface area contributed by atoms with Crippen LogP contribution in [0.2, 0.25) is 0 Å². The van der Waals surface area contributed by atoms with Crippen LogP contribution in [0.25, 0.3) is 0 Å². The molecule has 0 saturated carbocycles. The molecule has 1 atom stereocenters. The molecule has 1 aliphatic heterocycles. The summed E-state index contributed by atoms with van der Waals surface area (Å²) in [6, 6.07) is 6.61. The van der Waals surface area contributed by atoms with Gasteiger partial charge in [0.15, 0.2) is 9.84 Å². The Bertz CT molecular complexity index is 596. The third-order valence-corrected chi connectivity index (χ3v) is 5.19. The highest BCUT2D eigenvalue weighted by atomic mass is 32.2. The van der Waals surface area contributed by atoms with Crippen LogP contribution in [-0.2, 0) is 21.1 Å². The standard InChI is InChI=1S/C13H17NO4S/c1-13(6-7-19(17,18)9-13)14-12(16)8-10-4-2-3-5-11(10)15/h2-5,15H,6-9H2,1H3,(H,14,16). The Kier molecular flexibility index (Phi) is 3.54. The minimum absolute atomic E-state index is 0.0213. The van der Waals surface area contributed by atoms with E-state index in [0.29, 0.717) is 12.0 Å². The van der Waals surface area contributed by atoms with Gasteiger partial charge in [-0.25, -0.2) is 8.42 Å². The summed E-state index contributed by atoms with van der Waals surface area (Å²) in [5.41, 5.74) is -0.162. The van der Waals surface area contributed by atoms with Crippen molar-refractivity contribution in [3.8, 4) is 5.75 Å². The Balaban J connectivity index is 2.01. The lowest BCUT2D eigenvalue weighted by molar-refractivity contribution is -0.121. The molecule has 1 amide bonds. The van der Waals surface area contributed by atoms with Crippen molar-refractivity contribution in [1.82, 2.24) is 5.32 Å². The van der Waals surface area contributed by atoms with Crippen LogP contribution >= 0.6 is 0 Å². The largest absolute Gasteiger partial charge is 0.508 e. The number of nitrogens with one attached hydrogen (secondary N) is 1. The summed E-state index contributed by atoms with van der Waals surface area (Å²) >= 11 is 0. The Morgan fingerprint density at radius 3 is 2.68 bits per heavy atom. The van der Waals surface area contributed by atoms with Crippen molar-refractivity contribution in [2.24, 2.45) is 0 Å². The van der Waals surface area contributed by atoms with Crippen LogP contribution in [0.4, 0.5) is 0 Å². The van der Waals surface area contributed by atoms with Gasteiger partial charge in [0.25, 0.3) is 0 Å². The summed E-state index contributed by atoms with van der Waals surface area (Å²) in [4.78, 5) is 11.9. The zero-order valence-electron chi connectivity index (χ0n) is 10.7. The first kappa shape index (κ1) is 13.9. The van der Waals surface area contributed by atoms with Crippen molar-refractivity contribution < 1.29 is 18.3 Å². The Morgan fingerprint density at radius 2 is 2.11 bits per heavy atom. The number of amides is 1. The Labute approximate surface area is 112 Å². The topological polar surface area (TPSA) is 83.5 Å². The zero-order valence-corrected chi connectivity index (χ0v) is 11.5. The van der Waals surface area contributed by atoms with Crippen LogP contribution in [0.15, 0.2) is 24.3 Å². The maximum absolute atomic E-state index is 11.9. The van der Waals surface area contributed by atoms with Crippen molar-refractivity contribution in [3.05, 3.63) is 29.8 Å². The molecule has 1 fully saturated rings. The number of hydrogen-bond acceptors (Lipinski definition) is 4. The number of aromatic hydroxyl groups is 1. The lowest BCUT2D eigenvalue weighted by atomic mass is 10.0. The lowest BCUT2D eigenvalue weighted by Crippen LogP contribution is -2.47. The first-order valence-corrected chi connectivity index (χ1v) is 7.90. The van der Waals surface area contributed by atoms with Crippen molar-refractivity contribution >= 4 is 15.7 Å². The zero-order chi connectivity index (χ0) is 14.1. The van der Waals surface area contributed by atoms with Gasteiger partial charge in [-0.05, 0) is 19.4 Å². The van der Waals surface area contributed by atoms with Gasteiger partial charge in [0.1, 0.15) is 5.75 Å². The number of phenols is 1. The summed E-state index contributed by atoms with van der Waals surface area (Å²) in [6.45, 7) is 1.74. The second-order valence-electron chi connectivity index (χ2n) is 5.26. The number of benzene rings is 1. The van der Waals surface area contributed by atoms with Gasteiger partial charge in [-0.15, -0.1) is 0 Å². The summed E-state index contributed by atoms with van der Waals surface area (Å²) < 4.78 is 22.9. The van der Waals surface area contributed by atoms with E-state index in [4.69, 9.17) is 0 Å². The van der Waals surface area contributed by atoms with E-state index >= 15 is 0 Å². The molecule has 2 rings (SSSR count). The summed E-state index contributed by atoms with van der Waals surface area (Å²) in [7, 11) is -3.04. The molecule has 1 aromatic rings. The molecule has 1 aliphatic rings. The van der Waals surface area contributed by atoms with Crippen molar-refractivity contribution in [3.63, 3.8) is 0 Å². The van der Waals surface area contributed by atoms with Crippen molar-refractivity contribution in [1.29, 1.82) is 0 Å². The van der Waals surface area contributed by atoms with E-state index in [1.54, 1.807) is 25.1 Å². The van der Waals surface area contributed by atoms with Crippen molar-refractivity contribution in [2.75, 3.05) is 11.5 Å². The van der Waals surface area contributed by atoms with E-state index in [1.165, 1.54) is 6.07 Å². The number of sulfone groups is 1. The molecule has 1 saturated heterocycles. The van der Waals surface area contributed by atoms with Gasteiger partial charge >= 0.3 is 0 Å². The molecule has 1 aromatic carbocycles. The quantitative estimate of drug-likeness (QED) is 0.852. The predicted molar refractivity (Wildman–Crippen MR) is 71.6 cm³/mol. The first-order valence-electron chi connectivity index (χ1n) is 6.08. The van der Waals surface area contributed by atoms with Gasteiger partial charge in [-0.1, -0.05) is 18.2 Å². The molecule has 1 unspecified atom stereocenters. The molecule has 104 valence electrons. The predicted octanol–water partition coefficient (Wildman–Crippen LogP) is 0.628. The molecule has 0 bridgehead atoms. The molecule has 19 heavy (non-hydrogen) atoms. The third kappa shape index (κ3) is 3.47. The highest BCUT2D eigenvalue weighted by molar-refractivity contribution is 7.91. The minimum Gasteiger partial charge on any atom is -0.508 e. The summed E-state index contributed by atoms with van der Waals surface area (Å²) in [5, 5.41) is 12.3. The summed E-state index contributed by atoms with van der Waals surface area (Å²) in [5.74, 6) is -0.115. The molecule has 6 heteroatoms. The number of hydrogen-bond donors (Lipinski definition) is 2. The van der Waals surface area contributed by atoms with Gasteiger partial charge in [-0.2, -0.15) is 0 Å². The fraction of sp³-hybridized carbons (Fsp3) is 0.462. The van der Waals surface area contributed by atoms with Crippen LogP contribution in [0.3, 0.4) is 0 Å². The second-order valence-corrected chi connectivity index (χ2v) is 7.44. The molecular formula is C13H17NO4S. The molecule has 5 nitrogen and oxygen atoms in total. The molecule has 0 radical (unpaired) electrons. The van der Waals surface area contributed by atoms with E-state index in [-0.39, 0.29) is 29.6 Å². The molecule has 2 N–H and O–H groups in total. The van der Waals surface area contributed by atoms with E-state index in [1.807, 2.05) is 0 Å². The molecule has 0 spiro atoms. The number of carbonyl (C=O) groups is 1. The highest BCUT2D eigenvalue weighted by Crippen LogP contribution is 2.23. The fourth-order valence-corrected chi connectivity index (χ4v) is 4.42. The Morgan fingerprint density at radius 1 is 1.42 bits per heavy atom. The van der Waals surface area contributed by atoms with E-state index in [2.05, 4.69) is 5.32 Å². The average Bonchev–Trinajstić information content (AvgIpc) is 2.56. The van der Waals surface area contributed by atoms with E-state index < -0.39 is 15.4 Å². The highest BCUT2D eigenvalue weighted by Gasteiger charge is 2.39. The van der Waals surface area contributed by atoms with Crippen LogP contribution < -0.4 is 5.32 Å². The SMILES string of the molecule is CC1(NC(=O)Cc2ccccc2O)CCS(=O)(=O)C1. The van der Waals surface area contributed by atoms with Crippen LogP contribution in [0, 0.1) is 0 Å². The second kappa shape index (κ2) is 4.85. The molecular weight excluding hydrogens is 266 g/mol. The maximum atomic E-state index is 11.9.